The summed E-state index contributed by atoms with van der Waals surface area (Å²) in [6.07, 6.45) is 5.88. The summed E-state index contributed by atoms with van der Waals surface area (Å²) in [5.41, 5.74) is 1.80. The van der Waals surface area contributed by atoms with Crippen LogP contribution in [0.5, 0.6) is 5.75 Å². The van der Waals surface area contributed by atoms with Crippen LogP contribution in [0.2, 0.25) is 0 Å². The molecule has 3 aromatic rings. The van der Waals surface area contributed by atoms with Gasteiger partial charge in [-0.05, 0) is 42.7 Å². The maximum absolute atomic E-state index is 13.0. The zero-order valence-corrected chi connectivity index (χ0v) is 15.6. The second kappa shape index (κ2) is 6.31. The molecule has 4 heterocycles. The van der Waals surface area contributed by atoms with E-state index in [0.717, 1.165) is 47.4 Å². The van der Waals surface area contributed by atoms with Crippen molar-refractivity contribution in [2.45, 2.75) is 30.1 Å². The van der Waals surface area contributed by atoms with Crippen molar-refractivity contribution in [3.05, 3.63) is 48.0 Å². The molecular weight excluding hydrogens is 364 g/mol. The Hall–Kier alpha value is -2.45. The fourth-order valence-electron chi connectivity index (χ4n) is 3.88. The van der Waals surface area contributed by atoms with Gasteiger partial charge in [0.1, 0.15) is 17.2 Å². The van der Waals surface area contributed by atoms with Gasteiger partial charge in [0.25, 0.3) is 0 Å². The Morgan fingerprint density at radius 1 is 1.19 bits per heavy atom. The number of rotatable bonds is 3. The number of benzene rings is 1. The number of hydrogen-bond donors (Lipinski definition) is 1. The van der Waals surface area contributed by atoms with Gasteiger partial charge in [-0.25, -0.2) is 18.4 Å². The van der Waals surface area contributed by atoms with Gasteiger partial charge in [-0.3, -0.25) is 0 Å². The van der Waals surface area contributed by atoms with E-state index >= 15 is 0 Å². The number of nitrogens with one attached hydrogen (secondary N) is 1. The van der Waals surface area contributed by atoms with Gasteiger partial charge in [0.2, 0.25) is 10.0 Å². The lowest BCUT2D eigenvalue weighted by molar-refractivity contribution is 0.313. The van der Waals surface area contributed by atoms with Crippen LogP contribution in [0.15, 0.2) is 41.6 Å². The molecule has 2 aromatic heterocycles. The van der Waals surface area contributed by atoms with Gasteiger partial charge in [-0.2, -0.15) is 4.31 Å². The molecule has 0 radical (unpaired) electrons. The lowest BCUT2D eigenvalue weighted by Crippen LogP contribution is -2.38. The third-order valence-corrected chi connectivity index (χ3v) is 7.33. The largest absolute Gasteiger partial charge is 0.493 e. The van der Waals surface area contributed by atoms with Crippen LogP contribution in [0, 0.1) is 0 Å². The van der Waals surface area contributed by atoms with Gasteiger partial charge in [0.05, 0.1) is 11.5 Å². The normalized spacial score (nSPS) is 18.5. The molecule has 1 N–H and O–H groups in total. The molecule has 0 spiro atoms. The summed E-state index contributed by atoms with van der Waals surface area (Å²) in [6.45, 7) is 1.58. The molecule has 0 amide bonds. The number of aromatic nitrogens is 3. The van der Waals surface area contributed by atoms with E-state index < -0.39 is 10.0 Å². The third kappa shape index (κ3) is 2.89. The van der Waals surface area contributed by atoms with Gasteiger partial charge in [0.15, 0.2) is 0 Å². The SMILES string of the molecule is O=S(=O)(c1ccc2c(c1)CCO2)N1CCC(c2ncc3cc[nH]c3n2)CC1. The zero-order chi connectivity index (χ0) is 18.4. The quantitative estimate of drug-likeness (QED) is 0.749. The molecule has 0 aliphatic carbocycles. The van der Waals surface area contributed by atoms with Crippen LogP contribution >= 0.6 is 0 Å². The molecule has 0 atom stereocenters. The molecule has 7 nitrogen and oxygen atoms in total. The van der Waals surface area contributed by atoms with E-state index in [1.165, 1.54) is 0 Å². The summed E-state index contributed by atoms with van der Waals surface area (Å²) in [7, 11) is -3.48. The monoisotopic (exact) mass is 384 g/mol. The van der Waals surface area contributed by atoms with Crippen LogP contribution in [-0.4, -0.2) is 47.4 Å². The van der Waals surface area contributed by atoms with Crippen molar-refractivity contribution in [1.82, 2.24) is 19.3 Å². The number of hydrogen-bond acceptors (Lipinski definition) is 5. The summed E-state index contributed by atoms with van der Waals surface area (Å²) >= 11 is 0. The Morgan fingerprint density at radius 3 is 2.89 bits per heavy atom. The lowest BCUT2D eigenvalue weighted by atomic mass is 9.97. The van der Waals surface area contributed by atoms with Crippen LogP contribution in [0.1, 0.15) is 30.1 Å². The summed E-state index contributed by atoms with van der Waals surface area (Å²) in [6, 6.07) is 7.11. The van der Waals surface area contributed by atoms with E-state index in [4.69, 9.17) is 4.74 Å². The molecule has 1 aromatic carbocycles. The van der Waals surface area contributed by atoms with Crippen molar-refractivity contribution < 1.29 is 13.2 Å². The molecule has 1 saturated heterocycles. The van der Waals surface area contributed by atoms with E-state index in [9.17, 15) is 8.42 Å². The minimum Gasteiger partial charge on any atom is -0.493 e. The topological polar surface area (TPSA) is 88.2 Å². The molecule has 0 unspecified atom stereocenters. The first-order chi connectivity index (χ1) is 13.1. The van der Waals surface area contributed by atoms with Crippen molar-refractivity contribution in [2.24, 2.45) is 0 Å². The molecule has 27 heavy (non-hydrogen) atoms. The molecule has 5 rings (SSSR count). The summed E-state index contributed by atoms with van der Waals surface area (Å²) in [5.74, 6) is 1.76. The van der Waals surface area contributed by atoms with Crippen LogP contribution < -0.4 is 4.74 Å². The molecule has 2 aliphatic rings. The van der Waals surface area contributed by atoms with E-state index in [0.29, 0.717) is 24.6 Å². The number of piperidine rings is 1. The Kier molecular flexibility index (Phi) is 3.91. The Morgan fingerprint density at radius 2 is 2.04 bits per heavy atom. The first kappa shape index (κ1) is 16.7. The highest BCUT2D eigenvalue weighted by Gasteiger charge is 2.31. The summed E-state index contributed by atoms with van der Waals surface area (Å²) < 4.78 is 33.1. The maximum Gasteiger partial charge on any atom is 0.243 e. The van der Waals surface area contributed by atoms with E-state index in [-0.39, 0.29) is 5.92 Å². The Bertz CT molecular complexity index is 1100. The highest BCUT2D eigenvalue weighted by Crippen LogP contribution is 2.32. The molecular formula is C19H20N4O3S. The summed E-state index contributed by atoms with van der Waals surface area (Å²) in [4.78, 5) is 12.5. The predicted molar refractivity (Wildman–Crippen MR) is 100 cm³/mol. The number of fused-ring (bicyclic) bond motifs is 2. The van der Waals surface area contributed by atoms with Crippen LogP contribution in [0.4, 0.5) is 0 Å². The standard InChI is InChI=1S/C19H20N4O3S/c24-27(25,16-1-2-17-14(11-16)6-10-26-17)23-8-4-13(5-9-23)18-21-12-15-3-7-20-19(15)22-18/h1-3,7,11-13H,4-6,8-10H2,(H,20,21,22). The first-order valence-corrected chi connectivity index (χ1v) is 10.6. The van der Waals surface area contributed by atoms with E-state index in [2.05, 4.69) is 15.0 Å². The highest BCUT2D eigenvalue weighted by atomic mass is 32.2. The van der Waals surface area contributed by atoms with Crippen LogP contribution in [0.3, 0.4) is 0 Å². The number of sulfonamides is 1. The van der Waals surface area contributed by atoms with Crippen molar-refractivity contribution >= 4 is 21.1 Å². The third-order valence-electron chi connectivity index (χ3n) is 5.44. The van der Waals surface area contributed by atoms with Gasteiger partial charge in [0, 0.05) is 43.2 Å². The number of ether oxygens (including phenoxy) is 1. The number of aromatic amines is 1. The maximum atomic E-state index is 13.0. The van der Waals surface area contributed by atoms with Crippen molar-refractivity contribution in [1.29, 1.82) is 0 Å². The average molecular weight is 384 g/mol. The van der Waals surface area contributed by atoms with E-state index in [1.54, 1.807) is 22.5 Å². The van der Waals surface area contributed by atoms with Crippen LogP contribution in [0.25, 0.3) is 11.0 Å². The van der Waals surface area contributed by atoms with Gasteiger partial charge < -0.3 is 9.72 Å². The predicted octanol–water partition coefficient (Wildman–Crippen LogP) is 2.46. The Balaban J connectivity index is 1.33. The zero-order valence-electron chi connectivity index (χ0n) is 14.8. The van der Waals surface area contributed by atoms with Gasteiger partial charge in [-0.15, -0.1) is 0 Å². The van der Waals surface area contributed by atoms with Crippen molar-refractivity contribution in [3.63, 3.8) is 0 Å². The minimum atomic E-state index is -3.48. The molecule has 0 bridgehead atoms. The summed E-state index contributed by atoms with van der Waals surface area (Å²) in [5, 5.41) is 0.986. The van der Waals surface area contributed by atoms with Crippen molar-refractivity contribution in [2.75, 3.05) is 19.7 Å². The fraction of sp³-hybridized carbons (Fsp3) is 0.368. The average Bonchev–Trinajstić information content (AvgIpc) is 3.35. The molecule has 1 fully saturated rings. The lowest BCUT2D eigenvalue weighted by Gasteiger charge is -2.30. The van der Waals surface area contributed by atoms with Crippen LogP contribution in [-0.2, 0) is 16.4 Å². The smallest absolute Gasteiger partial charge is 0.243 e. The molecule has 8 heteroatoms. The van der Waals surface area contributed by atoms with E-state index in [1.807, 2.05) is 18.5 Å². The minimum absolute atomic E-state index is 0.178. The molecule has 2 aliphatic heterocycles. The second-order valence-electron chi connectivity index (χ2n) is 7.06. The van der Waals surface area contributed by atoms with Crippen molar-refractivity contribution in [3.8, 4) is 5.75 Å². The number of nitrogens with zero attached hydrogens (tertiary/aromatic N) is 3. The first-order valence-electron chi connectivity index (χ1n) is 9.17. The van der Waals surface area contributed by atoms with Gasteiger partial charge in [-0.1, -0.05) is 0 Å². The highest BCUT2D eigenvalue weighted by molar-refractivity contribution is 7.89. The second-order valence-corrected chi connectivity index (χ2v) is 8.99. The number of H-pyrrole nitrogens is 1. The molecule has 140 valence electrons. The fourth-order valence-corrected chi connectivity index (χ4v) is 5.40. The Labute approximate surface area is 157 Å². The van der Waals surface area contributed by atoms with Gasteiger partial charge >= 0.3 is 0 Å². The molecule has 0 saturated carbocycles.